The molecule has 0 spiro atoms. The summed E-state index contributed by atoms with van der Waals surface area (Å²) >= 11 is 0. The molecular formula is C20H33NO8S. The molecule has 0 aliphatic heterocycles. The molecule has 1 aromatic rings. The molecular weight excluding hydrogens is 414 g/mol. The molecule has 9 nitrogen and oxygen atoms in total. The molecule has 0 fully saturated rings. The van der Waals surface area contributed by atoms with Crippen LogP contribution in [0.2, 0.25) is 0 Å². The van der Waals surface area contributed by atoms with Gasteiger partial charge in [-0.15, -0.1) is 0 Å². The first-order valence-electron chi connectivity index (χ1n) is 9.80. The summed E-state index contributed by atoms with van der Waals surface area (Å²) in [6.07, 6.45) is -0.485. The predicted octanol–water partition coefficient (Wildman–Crippen LogP) is 2.66. The Kier molecular flexibility index (Phi) is 11.1. The van der Waals surface area contributed by atoms with Crippen molar-refractivity contribution >= 4 is 16.2 Å². The van der Waals surface area contributed by atoms with Crippen LogP contribution in [0, 0.1) is 6.92 Å². The van der Waals surface area contributed by atoms with Gasteiger partial charge >= 0.3 is 16.2 Å². The lowest BCUT2D eigenvalue weighted by atomic mass is 10.2. The molecule has 1 N–H and O–H groups in total. The van der Waals surface area contributed by atoms with Gasteiger partial charge in [-0.3, -0.25) is 4.18 Å². The lowest BCUT2D eigenvalue weighted by Crippen LogP contribution is -2.34. The van der Waals surface area contributed by atoms with Crippen LogP contribution in [0.5, 0.6) is 5.75 Å². The van der Waals surface area contributed by atoms with Gasteiger partial charge in [-0.1, -0.05) is 6.07 Å². The van der Waals surface area contributed by atoms with Crippen molar-refractivity contribution in [3.63, 3.8) is 0 Å². The standard InChI is InChI=1S/C20H33NO8S/c1-6-28-30(23,24)18-8-7-16(2)15-17(18)27-14-13-26-12-11-25-10-9-21-19(22)29-20(3,4)5/h7-8,15H,6,9-14H2,1-5H3,(H,21,22). The molecule has 0 saturated carbocycles. The SMILES string of the molecule is CCOS(=O)(=O)c1ccc(C)cc1OCCOCCOCCNC(=O)OC(C)(C)C. The Hall–Kier alpha value is -1.88. The molecule has 0 aliphatic rings. The van der Waals surface area contributed by atoms with E-state index in [0.29, 0.717) is 26.4 Å². The molecule has 1 rings (SSSR count). The summed E-state index contributed by atoms with van der Waals surface area (Å²) in [4.78, 5) is 11.4. The molecule has 0 atom stereocenters. The molecule has 0 saturated heterocycles. The maximum atomic E-state index is 12.2. The van der Waals surface area contributed by atoms with Crippen molar-refractivity contribution in [1.82, 2.24) is 5.32 Å². The lowest BCUT2D eigenvalue weighted by molar-refractivity contribution is 0.0325. The molecule has 0 radical (unpaired) electrons. The minimum atomic E-state index is -3.86. The molecule has 10 heteroatoms. The van der Waals surface area contributed by atoms with Crippen LogP contribution in [0.1, 0.15) is 33.3 Å². The van der Waals surface area contributed by atoms with E-state index in [9.17, 15) is 13.2 Å². The Bertz CT molecular complexity index is 759. The van der Waals surface area contributed by atoms with Gasteiger partial charge in [0.2, 0.25) is 0 Å². The zero-order chi connectivity index (χ0) is 22.6. The molecule has 0 heterocycles. The predicted molar refractivity (Wildman–Crippen MR) is 111 cm³/mol. The Morgan fingerprint density at radius 2 is 1.67 bits per heavy atom. The zero-order valence-corrected chi connectivity index (χ0v) is 19.2. The van der Waals surface area contributed by atoms with Gasteiger partial charge in [0.25, 0.3) is 0 Å². The van der Waals surface area contributed by atoms with Crippen molar-refractivity contribution in [2.45, 2.75) is 45.1 Å². The van der Waals surface area contributed by atoms with Gasteiger partial charge in [-0.2, -0.15) is 8.42 Å². The first kappa shape index (κ1) is 26.2. The maximum Gasteiger partial charge on any atom is 0.407 e. The number of ether oxygens (including phenoxy) is 4. The molecule has 0 unspecified atom stereocenters. The third-order valence-corrected chi connectivity index (χ3v) is 4.84. The van der Waals surface area contributed by atoms with E-state index in [1.165, 1.54) is 6.07 Å². The number of carbonyl (C=O) groups excluding carboxylic acids is 1. The molecule has 0 bridgehead atoms. The van der Waals surface area contributed by atoms with Gasteiger partial charge in [-0.05, 0) is 52.3 Å². The molecule has 0 aliphatic carbocycles. The lowest BCUT2D eigenvalue weighted by Gasteiger charge is -2.19. The molecule has 1 amide bonds. The van der Waals surface area contributed by atoms with E-state index in [1.54, 1.807) is 39.8 Å². The van der Waals surface area contributed by atoms with Gasteiger partial charge in [0, 0.05) is 6.54 Å². The van der Waals surface area contributed by atoms with Crippen LogP contribution in [0.3, 0.4) is 0 Å². The Balaban J connectivity index is 2.22. The smallest absolute Gasteiger partial charge is 0.407 e. The fraction of sp³-hybridized carbons (Fsp3) is 0.650. The maximum absolute atomic E-state index is 12.2. The van der Waals surface area contributed by atoms with Crippen molar-refractivity contribution in [1.29, 1.82) is 0 Å². The average Bonchev–Trinajstić information content (AvgIpc) is 2.61. The van der Waals surface area contributed by atoms with Gasteiger partial charge in [0.1, 0.15) is 22.9 Å². The fourth-order valence-electron chi connectivity index (χ4n) is 2.23. The van der Waals surface area contributed by atoms with Crippen molar-refractivity contribution in [3.8, 4) is 5.75 Å². The van der Waals surface area contributed by atoms with Crippen molar-refractivity contribution < 1.29 is 36.3 Å². The van der Waals surface area contributed by atoms with E-state index in [1.807, 2.05) is 6.92 Å². The van der Waals surface area contributed by atoms with Crippen LogP contribution in [-0.4, -0.2) is 66.3 Å². The summed E-state index contributed by atoms with van der Waals surface area (Å²) in [7, 11) is -3.86. The van der Waals surface area contributed by atoms with Gasteiger partial charge < -0.3 is 24.3 Å². The molecule has 30 heavy (non-hydrogen) atoms. The van der Waals surface area contributed by atoms with E-state index in [4.69, 9.17) is 23.1 Å². The van der Waals surface area contributed by atoms with Crippen LogP contribution in [-0.2, 0) is 28.5 Å². The third-order valence-electron chi connectivity index (χ3n) is 3.41. The number of carbonyl (C=O) groups is 1. The summed E-state index contributed by atoms with van der Waals surface area (Å²) in [6, 6.07) is 4.80. The normalized spacial score (nSPS) is 11.9. The zero-order valence-electron chi connectivity index (χ0n) is 18.4. The average molecular weight is 448 g/mol. The fourth-order valence-corrected chi connectivity index (χ4v) is 3.26. The number of alkyl carbamates (subject to hydrolysis) is 1. The third kappa shape index (κ3) is 10.8. The van der Waals surface area contributed by atoms with E-state index < -0.39 is 21.8 Å². The monoisotopic (exact) mass is 447 g/mol. The topological polar surface area (TPSA) is 109 Å². The second-order valence-corrected chi connectivity index (χ2v) is 8.90. The van der Waals surface area contributed by atoms with E-state index >= 15 is 0 Å². The largest absolute Gasteiger partial charge is 0.490 e. The molecule has 0 aromatic heterocycles. The van der Waals surface area contributed by atoms with E-state index in [2.05, 4.69) is 5.32 Å². The second-order valence-electron chi connectivity index (χ2n) is 7.31. The highest BCUT2D eigenvalue weighted by Crippen LogP contribution is 2.26. The van der Waals surface area contributed by atoms with Gasteiger partial charge in [-0.25, -0.2) is 4.79 Å². The molecule has 1 aromatic carbocycles. The number of nitrogens with one attached hydrogen (secondary N) is 1. The summed E-state index contributed by atoms with van der Waals surface area (Å²) in [6.45, 7) is 10.7. The summed E-state index contributed by atoms with van der Waals surface area (Å²) < 4.78 is 50.6. The quantitative estimate of drug-likeness (QED) is 0.363. The summed E-state index contributed by atoms with van der Waals surface area (Å²) in [5.74, 6) is 0.233. The van der Waals surface area contributed by atoms with E-state index in [0.717, 1.165) is 5.56 Å². The number of hydrogen-bond donors (Lipinski definition) is 1. The van der Waals surface area contributed by atoms with E-state index in [-0.39, 0.29) is 30.5 Å². The highest BCUT2D eigenvalue weighted by molar-refractivity contribution is 7.86. The number of hydrogen-bond acceptors (Lipinski definition) is 8. The Morgan fingerprint density at radius 3 is 2.30 bits per heavy atom. The van der Waals surface area contributed by atoms with Crippen LogP contribution in [0.25, 0.3) is 0 Å². The Labute approximate surface area is 179 Å². The highest BCUT2D eigenvalue weighted by atomic mass is 32.2. The first-order chi connectivity index (χ1) is 14.0. The van der Waals surface area contributed by atoms with Crippen LogP contribution < -0.4 is 10.1 Å². The minimum absolute atomic E-state index is 0.00392. The summed E-state index contributed by atoms with van der Waals surface area (Å²) in [5, 5.41) is 2.59. The van der Waals surface area contributed by atoms with Crippen molar-refractivity contribution in [2.75, 3.05) is 46.2 Å². The molecule has 172 valence electrons. The second kappa shape index (κ2) is 12.7. The van der Waals surface area contributed by atoms with Crippen molar-refractivity contribution in [3.05, 3.63) is 23.8 Å². The number of rotatable bonds is 13. The number of amides is 1. The summed E-state index contributed by atoms with van der Waals surface area (Å²) in [5.41, 5.74) is 0.336. The van der Waals surface area contributed by atoms with Crippen molar-refractivity contribution in [2.24, 2.45) is 0 Å². The highest BCUT2D eigenvalue weighted by Gasteiger charge is 2.20. The number of benzene rings is 1. The first-order valence-corrected chi connectivity index (χ1v) is 11.2. The van der Waals surface area contributed by atoms with Gasteiger partial charge in [0.15, 0.2) is 0 Å². The van der Waals surface area contributed by atoms with Crippen LogP contribution >= 0.6 is 0 Å². The number of aryl methyl sites for hydroxylation is 1. The van der Waals surface area contributed by atoms with Crippen LogP contribution in [0.15, 0.2) is 23.1 Å². The minimum Gasteiger partial charge on any atom is -0.490 e. The Morgan fingerprint density at radius 1 is 1.03 bits per heavy atom. The van der Waals surface area contributed by atoms with Crippen LogP contribution in [0.4, 0.5) is 4.79 Å². The van der Waals surface area contributed by atoms with Gasteiger partial charge in [0.05, 0.1) is 33.0 Å².